The molecular formula is C19H20ClNO2. The van der Waals surface area contributed by atoms with E-state index < -0.39 is 0 Å². The van der Waals surface area contributed by atoms with Crippen LogP contribution in [0, 0.1) is 0 Å². The van der Waals surface area contributed by atoms with Gasteiger partial charge in [0.05, 0.1) is 0 Å². The maximum atomic E-state index is 12.7. The van der Waals surface area contributed by atoms with Crippen molar-refractivity contribution in [3.05, 3.63) is 70.7 Å². The van der Waals surface area contributed by atoms with Crippen LogP contribution in [-0.4, -0.2) is 24.0 Å². The van der Waals surface area contributed by atoms with Gasteiger partial charge in [0.15, 0.2) is 0 Å². The summed E-state index contributed by atoms with van der Waals surface area (Å²) in [6.07, 6.45) is 2.27. The van der Waals surface area contributed by atoms with Crippen molar-refractivity contribution in [2.75, 3.05) is 13.1 Å². The first-order chi connectivity index (χ1) is 11.2. The minimum atomic E-state index is -0.314. The SMILES string of the molecule is O=C(OCc1ccc(Cl)cc1)C(c1ccccc1)N1CCCC1. The standard InChI is InChI=1S/C19H20ClNO2/c20-17-10-8-15(9-11-17)14-23-19(22)18(21-12-4-5-13-21)16-6-2-1-3-7-16/h1-3,6-11,18H,4-5,12-14H2. The normalized spacial score (nSPS) is 16.2. The predicted octanol–water partition coefficient (Wildman–Crippen LogP) is 4.22. The van der Waals surface area contributed by atoms with Crippen LogP contribution < -0.4 is 0 Å². The molecule has 0 spiro atoms. The lowest BCUT2D eigenvalue weighted by molar-refractivity contribution is -0.151. The monoisotopic (exact) mass is 329 g/mol. The van der Waals surface area contributed by atoms with E-state index in [1.54, 1.807) is 12.1 Å². The molecule has 3 rings (SSSR count). The molecule has 0 N–H and O–H groups in total. The van der Waals surface area contributed by atoms with Gasteiger partial charge in [0, 0.05) is 5.02 Å². The molecule has 1 aliphatic heterocycles. The Morgan fingerprint density at radius 1 is 1.04 bits per heavy atom. The summed E-state index contributed by atoms with van der Waals surface area (Å²) in [7, 11) is 0. The van der Waals surface area contributed by atoms with E-state index in [1.165, 1.54) is 0 Å². The number of benzene rings is 2. The van der Waals surface area contributed by atoms with Crippen LogP contribution in [-0.2, 0) is 16.1 Å². The van der Waals surface area contributed by atoms with Crippen LogP contribution in [0.25, 0.3) is 0 Å². The highest BCUT2D eigenvalue weighted by molar-refractivity contribution is 6.30. The van der Waals surface area contributed by atoms with Gasteiger partial charge in [0.1, 0.15) is 12.6 Å². The molecule has 2 aromatic carbocycles. The fraction of sp³-hybridized carbons (Fsp3) is 0.316. The molecular weight excluding hydrogens is 310 g/mol. The summed E-state index contributed by atoms with van der Waals surface area (Å²) >= 11 is 5.88. The number of ether oxygens (including phenoxy) is 1. The number of carbonyl (C=O) groups is 1. The fourth-order valence-electron chi connectivity index (χ4n) is 2.95. The summed E-state index contributed by atoms with van der Waals surface area (Å²) < 4.78 is 5.57. The molecule has 0 aliphatic carbocycles. The van der Waals surface area contributed by atoms with Crippen LogP contribution in [0.15, 0.2) is 54.6 Å². The Balaban J connectivity index is 1.71. The van der Waals surface area contributed by atoms with Gasteiger partial charge < -0.3 is 4.74 Å². The number of carbonyl (C=O) groups excluding carboxylic acids is 1. The van der Waals surface area contributed by atoms with Gasteiger partial charge >= 0.3 is 5.97 Å². The predicted molar refractivity (Wildman–Crippen MR) is 91.2 cm³/mol. The van der Waals surface area contributed by atoms with Crippen LogP contribution in [0.3, 0.4) is 0 Å². The average Bonchev–Trinajstić information content (AvgIpc) is 3.10. The van der Waals surface area contributed by atoms with Crippen LogP contribution in [0.5, 0.6) is 0 Å². The van der Waals surface area contributed by atoms with E-state index >= 15 is 0 Å². The summed E-state index contributed by atoms with van der Waals surface area (Å²) in [4.78, 5) is 14.9. The van der Waals surface area contributed by atoms with Gasteiger partial charge in [-0.2, -0.15) is 0 Å². The summed E-state index contributed by atoms with van der Waals surface area (Å²) in [6, 6.07) is 16.9. The molecule has 1 unspecified atom stereocenters. The van der Waals surface area contributed by atoms with E-state index in [0.29, 0.717) is 5.02 Å². The zero-order chi connectivity index (χ0) is 16.1. The molecule has 1 heterocycles. The van der Waals surface area contributed by atoms with Crippen molar-refractivity contribution in [3.63, 3.8) is 0 Å². The molecule has 4 heteroatoms. The molecule has 120 valence electrons. The molecule has 3 nitrogen and oxygen atoms in total. The highest BCUT2D eigenvalue weighted by Crippen LogP contribution is 2.26. The smallest absolute Gasteiger partial charge is 0.328 e. The van der Waals surface area contributed by atoms with Gasteiger partial charge in [0.25, 0.3) is 0 Å². The second-order valence-corrected chi connectivity index (χ2v) is 6.23. The van der Waals surface area contributed by atoms with Gasteiger partial charge in [-0.05, 0) is 49.2 Å². The number of hydrogen-bond donors (Lipinski definition) is 0. The molecule has 2 aromatic rings. The molecule has 0 amide bonds. The van der Waals surface area contributed by atoms with Crippen molar-refractivity contribution < 1.29 is 9.53 Å². The Bertz CT molecular complexity index is 636. The lowest BCUT2D eigenvalue weighted by atomic mass is 10.1. The summed E-state index contributed by atoms with van der Waals surface area (Å²) in [6.45, 7) is 2.15. The van der Waals surface area contributed by atoms with Crippen molar-refractivity contribution >= 4 is 17.6 Å². The third-order valence-electron chi connectivity index (χ3n) is 4.14. The highest BCUT2D eigenvalue weighted by Gasteiger charge is 2.30. The van der Waals surface area contributed by atoms with Gasteiger partial charge in [-0.25, -0.2) is 4.79 Å². The van der Waals surface area contributed by atoms with E-state index in [-0.39, 0.29) is 18.6 Å². The zero-order valence-electron chi connectivity index (χ0n) is 13.0. The molecule has 1 saturated heterocycles. The molecule has 1 atom stereocenters. The molecule has 23 heavy (non-hydrogen) atoms. The zero-order valence-corrected chi connectivity index (χ0v) is 13.7. The number of likely N-dealkylation sites (tertiary alicyclic amines) is 1. The van der Waals surface area contributed by atoms with Gasteiger partial charge in [0.2, 0.25) is 0 Å². The lowest BCUT2D eigenvalue weighted by Gasteiger charge is -2.26. The van der Waals surface area contributed by atoms with Crippen LogP contribution in [0.4, 0.5) is 0 Å². The molecule has 0 bridgehead atoms. The molecule has 0 saturated carbocycles. The van der Waals surface area contributed by atoms with E-state index in [4.69, 9.17) is 16.3 Å². The van der Waals surface area contributed by atoms with Gasteiger partial charge in [-0.15, -0.1) is 0 Å². The first kappa shape index (κ1) is 16.0. The van der Waals surface area contributed by atoms with Crippen molar-refractivity contribution in [3.8, 4) is 0 Å². The Labute approximate surface area is 141 Å². The molecule has 1 fully saturated rings. The van der Waals surface area contributed by atoms with E-state index in [0.717, 1.165) is 37.1 Å². The maximum Gasteiger partial charge on any atom is 0.328 e. The Morgan fingerprint density at radius 3 is 2.35 bits per heavy atom. The third-order valence-corrected chi connectivity index (χ3v) is 4.39. The number of nitrogens with zero attached hydrogens (tertiary/aromatic N) is 1. The summed E-state index contributed by atoms with van der Waals surface area (Å²) in [5.74, 6) is -0.187. The van der Waals surface area contributed by atoms with Crippen molar-refractivity contribution in [2.24, 2.45) is 0 Å². The van der Waals surface area contributed by atoms with E-state index in [1.807, 2.05) is 42.5 Å². The summed E-state index contributed by atoms with van der Waals surface area (Å²) in [5.41, 5.74) is 1.94. The largest absolute Gasteiger partial charge is 0.459 e. The Morgan fingerprint density at radius 2 is 1.70 bits per heavy atom. The Kier molecular flexibility index (Phi) is 5.31. The van der Waals surface area contributed by atoms with E-state index in [2.05, 4.69) is 4.90 Å². The van der Waals surface area contributed by atoms with Crippen molar-refractivity contribution in [1.82, 2.24) is 4.90 Å². The van der Waals surface area contributed by atoms with Gasteiger partial charge in [-0.3, -0.25) is 4.90 Å². The van der Waals surface area contributed by atoms with Gasteiger partial charge in [-0.1, -0.05) is 54.1 Å². The minimum absolute atomic E-state index is 0.187. The number of rotatable bonds is 5. The molecule has 0 aromatic heterocycles. The molecule has 0 radical (unpaired) electrons. The number of esters is 1. The van der Waals surface area contributed by atoms with Crippen LogP contribution in [0.1, 0.15) is 30.0 Å². The third kappa shape index (κ3) is 4.12. The average molecular weight is 330 g/mol. The fourth-order valence-corrected chi connectivity index (χ4v) is 3.07. The number of halogens is 1. The maximum absolute atomic E-state index is 12.7. The number of hydrogen-bond acceptors (Lipinski definition) is 3. The topological polar surface area (TPSA) is 29.5 Å². The van der Waals surface area contributed by atoms with Crippen molar-refractivity contribution in [1.29, 1.82) is 0 Å². The second-order valence-electron chi connectivity index (χ2n) is 5.79. The van der Waals surface area contributed by atoms with E-state index in [9.17, 15) is 4.79 Å². The second kappa shape index (κ2) is 7.62. The highest BCUT2D eigenvalue weighted by atomic mass is 35.5. The Hall–Kier alpha value is -1.84. The van der Waals surface area contributed by atoms with Crippen LogP contribution in [0.2, 0.25) is 5.02 Å². The minimum Gasteiger partial charge on any atom is -0.459 e. The first-order valence-corrected chi connectivity index (χ1v) is 8.32. The molecule has 1 aliphatic rings. The quantitative estimate of drug-likeness (QED) is 0.769. The lowest BCUT2D eigenvalue weighted by Crippen LogP contribution is -2.33. The van der Waals surface area contributed by atoms with Crippen LogP contribution >= 0.6 is 11.6 Å². The summed E-state index contributed by atoms with van der Waals surface area (Å²) in [5, 5.41) is 0.680. The van der Waals surface area contributed by atoms with Crippen molar-refractivity contribution in [2.45, 2.75) is 25.5 Å². The first-order valence-electron chi connectivity index (χ1n) is 7.94.